The number of anilines is 1. The zero-order valence-corrected chi connectivity index (χ0v) is 25.0. The van der Waals surface area contributed by atoms with Crippen molar-refractivity contribution in [2.24, 2.45) is 0 Å². The second-order valence-corrected chi connectivity index (χ2v) is 11.3. The summed E-state index contributed by atoms with van der Waals surface area (Å²) in [5.41, 5.74) is 2.79. The molecule has 0 radical (unpaired) electrons. The van der Waals surface area contributed by atoms with Crippen LogP contribution in [-0.2, 0) is 20.7 Å². The van der Waals surface area contributed by atoms with Gasteiger partial charge in [0.05, 0.1) is 10.7 Å². The van der Waals surface area contributed by atoms with Crippen LogP contribution in [0.25, 0.3) is 0 Å². The standard InChI is InChI=1S/C33H38ClN3O4/c1-7-20-37(31(39)27(21-24-16-9-8-10-17-24)35-32(40)41-33(4,5)6)29(25-18-12-11-14-22(25)2)30(38)36-28-23(3)15-13-19-26(28)34/h7-19,27,29H,1,20-21H2,2-6H3,(H,35,40)(H,36,38). The van der Waals surface area contributed by atoms with Crippen molar-refractivity contribution in [3.63, 3.8) is 0 Å². The Hall–Kier alpha value is -4.10. The second kappa shape index (κ2) is 14.0. The molecule has 3 aromatic carbocycles. The van der Waals surface area contributed by atoms with E-state index in [1.54, 1.807) is 39.0 Å². The SMILES string of the molecule is C=CCN(C(=O)C(Cc1ccccc1)NC(=O)OC(C)(C)C)C(C(=O)Nc1c(C)cccc1Cl)c1ccccc1C. The van der Waals surface area contributed by atoms with E-state index in [2.05, 4.69) is 17.2 Å². The Labute approximate surface area is 247 Å². The minimum Gasteiger partial charge on any atom is -0.444 e. The van der Waals surface area contributed by atoms with E-state index in [-0.39, 0.29) is 13.0 Å². The summed E-state index contributed by atoms with van der Waals surface area (Å²) in [6.45, 7) is 12.9. The predicted octanol–water partition coefficient (Wildman–Crippen LogP) is 6.79. The van der Waals surface area contributed by atoms with Gasteiger partial charge in [-0.05, 0) is 62.9 Å². The van der Waals surface area contributed by atoms with Gasteiger partial charge in [-0.2, -0.15) is 0 Å². The van der Waals surface area contributed by atoms with Crippen LogP contribution >= 0.6 is 11.6 Å². The van der Waals surface area contributed by atoms with E-state index >= 15 is 0 Å². The molecule has 3 aromatic rings. The van der Waals surface area contributed by atoms with Gasteiger partial charge in [-0.1, -0.05) is 84.4 Å². The highest BCUT2D eigenvalue weighted by Crippen LogP contribution is 2.30. The molecule has 0 saturated carbocycles. The number of alkyl carbamates (subject to hydrolysis) is 1. The van der Waals surface area contributed by atoms with Gasteiger partial charge in [-0.3, -0.25) is 9.59 Å². The van der Waals surface area contributed by atoms with Crippen molar-refractivity contribution in [1.82, 2.24) is 10.2 Å². The van der Waals surface area contributed by atoms with Gasteiger partial charge in [0, 0.05) is 13.0 Å². The van der Waals surface area contributed by atoms with Crippen molar-refractivity contribution < 1.29 is 19.1 Å². The summed E-state index contributed by atoms with van der Waals surface area (Å²) in [5.74, 6) is -0.902. The fraction of sp³-hybridized carbons (Fsp3) is 0.303. The zero-order valence-electron chi connectivity index (χ0n) is 24.2. The number of rotatable bonds is 10. The Bertz CT molecular complexity index is 1360. The maximum Gasteiger partial charge on any atom is 0.408 e. The minimum absolute atomic E-state index is 0.0496. The molecule has 2 unspecified atom stereocenters. The quantitative estimate of drug-likeness (QED) is 0.261. The van der Waals surface area contributed by atoms with Crippen LogP contribution in [0.5, 0.6) is 0 Å². The van der Waals surface area contributed by atoms with Crippen molar-refractivity contribution in [3.8, 4) is 0 Å². The molecule has 3 rings (SSSR count). The number of nitrogens with zero attached hydrogens (tertiary/aromatic N) is 1. The van der Waals surface area contributed by atoms with Gasteiger partial charge in [0.2, 0.25) is 5.91 Å². The van der Waals surface area contributed by atoms with Gasteiger partial charge in [0.25, 0.3) is 5.91 Å². The molecule has 0 bridgehead atoms. The number of para-hydroxylation sites is 1. The monoisotopic (exact) mass is 575 g/mol. The summed E-state index contributed by atoms with van der Waals surface area (Å²) >= 11 is 6.44. The molecule has 0 aromatic heterocycles. The summed E-state index contributed by atoms with van der Waals surface area (Å²) in [5, 5.41) is 6.08. The van der Waals surface area contributed by atoms with Crippen LogP contribution in [0.3, 0.4) is 0 Å². The number of halogens is 1. The van der Waals surface area contributed by atoms with Crippen molar-refractivity contribution in [3.05, 3.63) is 113 Å². The number of aryl methyl sites for hydroxylation is 2. The smallest absolute Gasteiger partial charge is 0.408 e. The summed E-state index contributed by atoms with van der Waals surface area (Å²) in [7, 11) is 0. The van der Waals surface area contributed by atoms with Crippen molar-refractivity contribution in [2.75, 3.05) is 11.9 Å². The molecule has 41 heavy (non-hydrogen) atoms. The van der Waals surface area contributed by atoms with Crippen LogP contribution in [0.4, 0.5) is 10.5 Å². The third-order valence-electron chi connectivity index (χ3n) is 6.39. The highest BCUT2D eigenvalue weighted by molar-refractivity contribution is 6.34. The molecule has 8 heteroatoms. The molecule has 0 saturated heterocycles. The van der Waals surface area contributed by atoms with Crippen LogP contribution in [0.1, 0.15) is 49.1 Å². The van der Waals surface area contributed by atoms with E-state index in [1.165, 1.54) is 4.90 Å². The molecule has 0 spiro atoms. The molecule has 2 N–H and O–H groups in total. The molecule has 0 aliphatic carbocycles. The van der Waals surface area contributed by atoms with E-state index in [9.17, 15) is 14.4 Å². The summed E-state index contributed by atoms with van der Waals surface area (Å²) in [6.07, 6.45) is 1.02. The normalized spacial score (nSPS) is 12.5. The molecular formula is C33H38ClN3O4. The lowest BCUT2D eigenvalue weighted by Crippen LogP contribution is -2.53. The lowest BCUT2D eigenvalue weighted by molar-refractivity contribution is -0.140. The average Bonchev–Trinajstić information content (AvgIpc) is 2.90. The number of hydrogen-bond acceptors (Lipinski definition) is 4. The first kappa shape index (κ1) is 31.4. The van der Waals surface area contributed by atoms with E-state index in [0.717, 1.165) is 16.7 Å². The van der Waals surface area contributed by atoms with Crippen molar-refractivity contribution >= 4 is 35.2 Å². The van der Waals surface area contributed by atoms with Crippen LogP contribution in [-0.4, -0.2) is 41.0 Å². The van der Waals surface area contributed by atoms with Crippen molar-refractivity contribution in [2.45, 2.75) is 58.7 Å². The summed E-state index contributed by atoms with van der Waals surface area (Å²) in [4.78, 5) is 42.7. The average molecular weight is 576 g/mol. The minimum atomic E-state index is -1.05. The Balaban J connectivity index is 2.07. The number of amides is 3. The largest absolute Gasteiger partial charge is 0.444 e. The molecule has 0 aliphatic heterocycles. The molecule has 216 valence electrons. The Morgan fingerprint density at radius 1 is 0.951 bits per heavy atom. The molecule has 0 fully saturated rings. The molecule has 0 aliphatic rings. The predicted molar refractivity (Wildman–Crippen MR) is 164 cm³/mol. The van der Waals surface area contributed by atoms with E-state index in [1.807, 2.05) is 74.5 Å². The molecule has 0 heterocycles. The molecule has 3 amide bonds. The topological polar surface area (TPSA) is 87.7 Å². The highest BCUT2D eigenvalue weighted by atomic mass is 35.5. The maximum absolute atomic E-state index is 14.4. The number of benzene rings is 3. The Kier molecular flexibility index (Phi) is 10.7. The van der Waals surface area contributed by atoms with Gasteiger partial charge < -0.3 is 20.3 Å². The van der Waals surface area contributed by atoms with Gasteiger partial charge in [-0.15, -0.1) is 6.58 Å². The van der Waals surface area contributed by atoms with Crippen LogP contribution in [0, 0.1) is 13.8 Å². The molecule has 7 nitrogen and oxygen atoms in total. The third-order valence-corrected chi connectivity index (χ3v) is 6.71. The second-order valence-electron chi connectivity index (χ2n) is 10.8. The van der Waals surface area contributed by atoms with Gasteiger partial charge in [-0.25, -0.2) is 4.79 Å². The fourth-order valence-electron chi connectivity index (χ4n) is 4.49. The van der Waals surface area contributed by atoms with Gasteiger partial charge >= 0.3 is 6.09 Å². The van der Waals surface area contributed by atoms with Crippen LogP contribution < -0.4 is 10.6 Å². The maximum atomic E-state index is 14.4. The van der Waals surface area contributed by atoms with Gasteiger partial charge in [0.15, 0.2) is 0 Å². The lowest BCUT2D eigenvalue weighted by atomic mass is 9.97. The number of nitrogens with one attached hydrogen (secondary N) is 2. The number of carbonyl (C=O) groups excluding carboxylic acids is 3. The van der Waals surface area contributed by atoms with E-state index in [4.69, 9.17) is 16.3 Å². The third kappa shape index (κ3) is 8.69. The first-order chi connectivity index (χ1) is 19.4. The van der Waals surface area contributed by atoms with Crippen LogP contribution in [0.2, 0.25) is 5.02 Å². The van der Waals surface area contributed by atoms with E-state index in [0.29, 0.717) is 16.3 Å². The summed E-state index contributed by atoms with van der Waals surface area (Å²) in [6, 6.07) is 20.0. The number of hydrogen-bond donors (Lipinski definition) is 2. The highest BCUT2D eigenvalue weighted by Gasteiger charge is 2.37. The summed E-state index contributed by atoms with van der Waals surface area (Å²) < 4.78 is 5.48. The van der Waals surface area contributed by atoms with Crippen LogP contribution in [0.15, 0.2) is 85.5 Å². The molecular weight excluding hydrogens is 538 g/mol. The first-order valence-corrected chi connectivity index (χ1v) is 13.9. The zero-order chi connectivity index (χ0) is 30.2. The first-order valence-electron chi connectivity index (χ1n) is 13.5. The van der Waals surface area contributed by atoms with E-state index < -0.39 is 35.6 Å². The number of carbonyl (C=O) groups is 3. The fourth-order valence-corrected chi connectivity index (χ4v) is 4.76. The van der Waals surface area contributed by atoms with Gasteiger partial charge in [0.1, 0.15) is 17.7 Å². The number of ether oxygens (including phenoxy) is 1. The van der Waals surface area contributed by atoms with Crippen molar-refractivity contribution in [1.29, 1.82) is 0 Å². The Morgan fingerprint density at radius 3 is 2.20 bits per heavy atom. The lowest BCUT2D eigenvalue weighted by Gasteiger charge is -2.34. The Morgan fingerprint density at radius 2 is 1.59 bits per heavy atom. The molecule has 2 atom stereocenters.